The van der Waals surface area contributed by atoms with E-state index in [-0.39, 0.29) is 11.9 Å². The minimum atomic E-state index is -0.333. The summed E-state index contributed by atoms with van der Waals surface area (Å²) in [6, 6.07) is -0.333. The molecule has 2 heterocycles. The average Bonchev–Trinajstić information content (AvgIpc) is 3.20. The van der Waals surface area contributed by atoms with Gasteiger partial charge in [-0.2, -0.15) is 5.10 Å². The van der Waals surface area contributed by atoms with Crippen molar-refractivity contribution in [2.45, 2.75) is 38.5 Å². The number of nitrogens with zero attached hydrogens (tertiary/aromatic N) is 3. The zero-order valence-electron chi connectivity index (χ0n) is 12.1. The molecule has 7 heteroatoms. The topological polar surface area (TPSA) is 95.6 Å². The number of carbonyl (C=O) groups excluding carboxylic acids is 1. The number of nitrogens with one attached hydrogen (secondary N) is 3. The second-order valence-corrected chi connectivity index (χ2v) is 5.50. The van der Waals surface area contributed by atoms with Crippen LogP contribution in [0.1, 0.15) is 49.9 Å². The Balaban J connectivity index is 1.70. The van der Waals surface area contributed by atoms with Crippen LogP contribution in [-0.4, -0.2) is 26.2 Å². The first-order chi connectivity index (χ1) is 10.1. The molecule has 7 nitrogen and oxygen atoms in total. The largest absolute Gasteiger partial charge is 0.324 e. The maximum Gasteiger partial charge on any atom is 0.324 e. The Morgan fingerprint density at radius 3 is 2.76 bits per heavy atom. The van der Waals surface area contributed by atoms with Crippen LogP contribution in [0.15, 0.2) is 18.6 Å². The van der Waals surface area contributed by atoms with Gasteiger partial charge in [0.05, 0.1) is 23.3 Å². The van der Waals surface area contributed by atoms with Crippen molar-refractivity contribution < 1.29 is 4.79 Å². The van der Waals surface area contributed by atoms with E-state index in [2.05, 4.69) is 30.8 Å². The zero-order valence-corrected chi connectivity index (χ0v) is 12.1. The lowest BCUT2D eigenvalue weighted by Gasteiger charge is -2.11. The molecule has 3 N–H and O–H groups in total. The Bertz CT molecular complexity index is 646. The summed E-state index contributed by atoms with van der Waals surface area (Å²) in [7, 11) is 0. The molecule has 1 aliphatic rings. The Hall–Kier alpha value is -2.44. The van der Waals surface area contributed by atoms with E-state index >= 15 is 0 Å². The third-order valence-corrected chi connectivity index (χ3v) is 3.41. The number of anilines is 2. The molecule has 2 amide bonds. The lowest BCUT2D eigenvalue weighted by molar-refractivity contribution is 0.262. The fraction of sp³-hybridized carbons (Fsp3) is 0.429. The predicted molar refractivity (Wildman–Crippen MR) is 79.3 cm³/mol. The molecule has 2 aromatic rings. The maximum atomic E-state index is 12.1. The molecule has 0 spiro atoms. The highest BCUT2D eigenvalue weighted by Gasteiger charge is 2.28. The highest BCUT2D eigenvalue weighted by molar-refractivity contribution is 5.99. The summed E-state index contributed by atoms with van der Waals surface area (Å²) < 4.78 is 0. The summed E-state index contributed by atoms with van der Waals surface area (Å²) in [6.07, 6.45) is 7.10. The normalized spacial score (nSPS) is 14.2. The van der Waals surface area contributed by atoms with E-state index in [1.54, 1.807) is 18.6 Å². The smallest absolute Gasteiger partial charge is 0.305 e. The van der Waals surface area contributed by atoms with Gasteiger partial charge >= 0.3 is 6.03 Å². The standard InChI is InChI=1S/C14H18N6O/c1-8(2)11-13(16-6-5-15-11)19-14(21)18-10-7-17-20-12(10)9-3-4-9/h5-9H,3-4H2,1-2H3,(H,17,20)(H2,16,18,19,21). The van der Waals surface area contributed by atoms with Gasteiger partial charge in [-0.15, -0.1) is 0 Å². The van der Waals surface area contributed by atoms with Crippen molar-refractivity contribution in [3.63, 3.8) is 0 Å². The summed E-state index contributed by atoms with van der Waals surface area (Å²) in [6.45, 7) is 4.02. The van der Waals surface area contributed by atoms with Crippen LogP contribution in [0.5, 0.6) is 0 Å². The van der Waals surface area contributed by atoms with Crippen LogP contribution < -0.4 is 10.6 Å². The maximum absolute atomic E-state index is 12.1. The van der Waals surface area contributed by atoms with Crippen LogP contribution in [0.25, 0.3) is 0 Å². The first-order valence-electron chi connectivity index (χ1n) is 7.07. The molecule has 0 unspecified atom stereocenters. The van der Waals surface area contributed by atoms with Crippen molar-refractivity contribution in [1.29, 1.82) is 0 Å². The van der Waals surface area contributed by atoms with E-state index < -0.39 is 0 Å². The van der Waals surface area contributed by atoms with Crippen LogP contribution >= 0.6 is 0 Å². The number of hydrogen-bond acceptors (Lipinski definition) is 4. The van der Waals surface area contributed by atoms with Crippen LogP contribution in [0, 0.1) is 0 Å². The molecule has 21 heavy (non-hydrogen) atoms. The van der Waals surface area contributed by atoms with E-state index in [1.165, 1.54) is 0 Å². The molecule has 1 saturated carbocycles. The van der Waals surface area contributed by atoms with Gasteiger partial charge in [0.1, 0.15) is 0 Å². The fourth-order valence-corrected chi connectivity index (χ4v) is 2.21. The van der Waals surface area contributed by atoms with E-state index in [0.29, 0.717) is 11.7 Å². The average molecular weight is 286 g/mol. The van der Waals surface area contributed by atoms with Gasteiger partial charge in [-0.1, -0.05) is 13.8 Å². The second kappa shape index (κ2) is 5.51. The lowest BCUT2D eigenvalue weighted by atomic mass is 10.1. The lowest BCUT2D eigenvalue weighted by Crippen LogP contribution is -2.22. The quantitative estimate of drug-likeness (QED) is 0.805. The van der Waals surface area contributed by atoms with Crippen LogP contribution in [0.3, 0.4) is 0 Å². The van der Waals surface area contributed by atoms with Crippen LogP contribution in [-0.2, 0) is 0 Å². The molecule has 0 aromatic carbocycles. The minimum Gasteiger partial charge on any atom is -0.305 e. The number of aromatic nitrogens is 4. The van der Waals surface area contributed by atoms with Gasteiger partial charge in [-0.25, -0.2) is 9.78 Å². The van der Waals surface area contributed by atoms with Gasteiger partial charge in [0.2, 0.25) is 0 Å². The van der Waals surface area contributed by atoms with Crippen molar-refractivity contribution in [2.24, 2.45) is 0 Å². The van der Waals surface area contributed by atoms with Crippen molar-refractivity contribution in [3.05, 3.63) is 30.0 Å². The third kappa shape index (κ3) is 3.01. The summed E-state index contributed by atoms with van der Waals surface area (Å²) in [5, 5.41) is 12.5. The number of amides is 2. The van der Waals surface area contributed by atoms with E-state index in [1.807, 2.05) is 13.8 Å². The van der Waals surface area contributed by atoms with Crippen molar-refractivity contribution in [2.75, 3.05) is 10.6 Å². The number of hydrogen-bond donors (Lipinski definition) is 3. The minimum absolute atomic E-state index is 0.185. The SMILES string of the molecule is CC(C)c1nccnc1NC(=O)Nc1cn[nH]c1C1CC1. The molecule has 0 bridgehead atoms. The molecule has 0 aliphatic heterocycles. The highest BCUT2D eigenvalue weighted by atomic mass is 16.2. The Morgan fingerprint density at radius 1 is 1.29 bits per heavy atom. The Morgan fingerprint density at radius 2 is 2.05 bits per heavy atom. The number of rotatable bonds is 4. The molecule has 1 fully saturated rings. The number of aromatic amines is 1. The molecular weight excluding hydrogens is 268 g/mol. The van der Waals surface area contributed by atoms with Gasteiger partial charge in [-0.3, -0.25) is 15.4 Å². The molecule has 2 aromatic heterocycles. The highest BCUT2D eigenvalue weighted by Crippen LogP contribution is 2.42. The molecule has 0 saturated heterocycles. The van der Waals surface area contributed by atoms with Crippen molar-refractivity contribution in [1.82, 2.24) is 20.2 Å². The Kier molecular flexibility index (Phi) is 3.55. The first kappa shape index (κ1) is 13.5. The van der Waals surface area contributed by atoms with E-state index in [0.717, 1.165) is 29.9 Å². The Labute approximate surface area is 122 Å². The second-order valence-electron chi connectivity index (χ2n) is 5.50. The van der Waals surface area contributed by atoms with Gasteiger partial charge in [0, 0.05) is 18.3 Å². The number of urea groups is 1. The third-order valence-electron chi connectivity index (χ3n) is 3.41. The summed E-state index contributed by atoms with van der Waals surface area (Å²) >= 11 is 0. The van der Waals surface area contributed by atoms with Gasteiger partial charge in [0.15, 0.2) is 5.82 Å². The fourth-order valence-electron chi connectivity index (χ4n) is 2.21. The first-order valence-corrected chi connectivity index (χ1v) is 7.07. The molecular formula is C14H18N6O. The molecule has 1 aliphatic carbocycles. The van der Waals surface area contributed by atoms with Crippen LogP contribution in [0.2, 0.25) is 0 Å². The molecule has 0 radical (unpaired) electrons. The summed E-state index contributed by atoms with van der Waals surface area (Å²) in [5.74, 6) is 1.16. The predicted octanol–water partition coefficient (Wildman–Crippen LogP) is 2.84. The number of H-pyrrole nitrogens is 1. The zero-order chi connectivity index (χ0) is 14.8. The number of carbonyl (C=O) groups is 1. The summed E-state index contributed by atoms with van der Waals surface area (Å²) in [5.41, 5.74) is 2.49. The van der Waals surface area contributed by atoms with Gasteiger partial charge in [-0.05, 0) is 18.8 Å². The monoisotopic (exact) mass is 286 g/mol. The molecule has 110 valence electrons. The van der Waals surface area contributed by atoms with Crippen LogP contribution in [0.4, 0.5) is 16.3 Å². The van der Waals surface area contributed by atoms with Crippen molar-refractivity contribution >= 4 is 17.5 Å². The van der Waals surface area contributed by atoms with Gasteiger partial charge < -0.3 is 5.32 Å². The van der Waals surface area contributed by atoms with E-state index in [9.17, 15) is 4.79 Å². The van der Waals surface area contributed by atoms with Gasteiger partial charge in [0.25, 0.3) is 0 Å². The van der Waals surface area contributed by atoms with E-state index in [4.69, 9.17) is 0 Å². The molecule has 0 atom stereocenters. The summed E-state index contributed by atoms with van der Waals surface area (Å²) in [4.78, 5) is 20.6. The van der Waals surface area contributed by atoms with Crippen molar-refractivity contribution in [3.8, 4) is 0 Å². The molecule has 3 rings (SSSR count).